The third-order valence-corrected chi connectivity index (χ3v) is 2.99. The lowest BCUT2D eigenvalue weighted by molar-refractivity contribution is 0.171. The number of aliphatic hydroxyl groups is 1. The molecule has 0 saturated carbocycles. The highest BCUT2D eigenvalue weighted by atomic mass is 16.4. The maximum Gasteiger partial charge on any atom is 0.419 e. The van der Waals surface area contributed by atoms with Gasteiger partial charge in [-0.15, -0.1) is 0 Å². The van der Waals surface area contributed by atoms with Crippen LogP contribution >= 0.6 is 0 Å². The van der Waals surface area contributed by atoms with Gasteiger partial charge in [-0.1, -0.05) is 13.8 Å². The van der Waals surface area contributed by atoms with Gasteiger partial charge in [0.25, 0.3) is 0 Å². The normalized spacial score (nSPS) is 12.0. The van der Waals surface area contributed by atoms with E-state index in [0.717, 1.165) is 11.2 Å². The number of nitrogens with zero attached hydrogens (tertiary/aromatic N) is 1. The van der Waals surface area contributed by atoms with Gasteiger partial charge in [-0.2, -0.15) is 0 Å². The van der Waals surface area contributed by atoms with Gasteiger partial charge < -0.3 is 14.8 Å². The Morgan fingerprint density at radius 3 is 2.83 bits per heavy atom. The summed E-state index contributed by atoms with van der Waals surface area (Å²) in [5.74, 6) is -0.363. The molecule has 0 bridgehead atoms. The zero-order valence-corrected chi connectivity index (χ0v) is 10.9. The topological polar surface area (TPSA) is 67.4 Å². The number of anilines is 1. The first-order chi connectivity index (χ1) is 8.43. The van der Waals surface area contributed by atoms with Crippen LogP contribution < -0.4 is 11.1 Å². The van der Waals surface area contributed by atoms with Crippen LogP contribution in [0.3, 0.4) is 0 Å². The Morgan fingerprint density at radius 2 is 2.17 bits per heavy atom. The van der Waals surface area contributed by atoms with Crippen molar-refractivity contribution in [3.05, 3.63) is 28.7 Å². The number of aryl methyl sites for hydroxylation is 1. The summed E-state index contributed by atoms with van der Waals surface area (Å²) in [6, 6.07) is 5.50. The van der Waals surface area contributed by atoms with Gasteiger partial charge in [0, 0.05) is 31.3 Å². The van der Waals surface area contributed by atoms with E-state index in [1.807, 2.05) is 26.0 Å². The molecule has 98 valence electrons. The van der Waals surface area contributed by atoms with Gasteiger partial charge in [0.1, 0.15) is 0 Å². The minimum absolute atomic E-state index is 0.118. The lowest BCUT2D eigenvalue weighted by atomic mass is 9.95. The van der Waals surface area contributed by atoms with E-state index in [2.05, 4.69) is 5.32 Å². The summed E-state index contributed by atoms with van der Waals surface area (Å²) in [4.78, 5) is 11.4. The van der Waals surface area contributed by atoms with E-state index in [0.29, 0.717) is 12.1 Å². The molecule has 0 amide bonds. The minimum atomic E-state index is -0.363. The van der Waals surface area contributed by atoms with Gasteiger partial charge in [-0.25, -0.2) is 4.79 Å². The lowest BCUT2D eigenvalue weighted by Gasteiger charge is -2.22. The summed E-state index contributed by atoms with van der Waals surface area (Å²) in [5.41, 5.74) is 2.05. The van der Waals surface area contributed by atoms with Gasteiger partial charge in [0.2, 0.25) is 0 Å². The predicted octanol–water partition coefficient (Wildman–Crippen LogP) is 1.56. The summed E-state index contributed by atoms with van der Waals surface area (Å²) < 4.78 is 6.53. The number of benzene rings is 1. The average Bonchev–Trinajstić information content (AvgIpc) is 2.63. The molecule has 0 radical (unpaired) electrons. The minimum Gasteiger partial charge on any atom is -0.408 e. The van der Waals surface area contributed by atoms with Crippen molar-refractivity contribution in [1.82, 2.24) is 4.57 Å². The zero-order chi connectivity index (χ0) is 13.3. The zero-order valence-electron chi connectivity index (χ0n) is 10.9. The molecule has 0 atom stereocenters. The number of rotatable bonds is 4. The molecule has 0 saturated heterocycles. The molecule has 2 rings (SSSR count). The van der Waals surface area contributed by atoms with Crippen molar-refractivity contribution in [2.75, 3.05) is 18.5 Å². The van der Waals surface area contributed by atoms with E-state index in [1.165, 1.54) is 4.57 Å². The van der Waals surface area contributed by atoms with Crippen LogP contribution in [0.15, 0.2) is 27.4 Å². The summed E-state index contributed by atoms with van der Waals surface area (Å²) >= 11 is 0. The Bertz CT molecular complexity index is 610. The third kappa shape index (κ3) is 2.41. The molecule has 18 heavy (non-hydrogen) atoms. The molecule has 2 aromatic rings. The van der Waals surface area contributed by atoms with Crippen LogP contribution in [0.2, 0.25) is 0 Å². The Balaban J connectivity index is 2.25. The van der Waals surface area contributed by atoms with Crippen molar-refractivity contribution >= 4 is 16.8 Å². The molecular weight excluding hydrogens is 232 g/mol. The highest BCUT2D eigenvalue weighted by molar-refractivity contribution is 5.77. The second-order valence-corrected chi connectivity index (χ2v) is 5.29. The summed E-state index contributed by atoms with van der Waals surface area (Å²) in [5, 5.41) is 12.4. The number of aromatic nitrogens is 1. The van der Waals surface area contributed by atoms with Crippen molar-refractivity contribution < 1.29 is 9.52 Å². The van der Waals surface area contributed by atoms with E-state index >= 15 is 0 Å². The highest BCUT2D eigenvalue weighted by Gasteiger charge is 2.16. The van der Waals surface area contributed by atoms with E-state index < -0.39 is 0 Å². The predicted molar refractivity (Wildman–Crippen MR) is 70.8 cm³/mol. The Labute approximate surface area is 105 Å². The summed E-state index contributed by atoms with van der Waals surface area (Å²) in [7, 11) is 1.68. The van der Waals surface area contributed by atoms with Crippen LogP contribution in [0.25, 0.3) is 11.1 Å². The molecule has 0 aliphatic heterocycles. The van der Waals surface area contributed by atoms with Crippen molar-refractivity contribution in [2.45, 2.75) is 13.8 Å². The Kier molecular flexibility index (Phi) is 3.17. The standard InChI is InChI=1S/C13H18N2O3/c1-13(2,8-16)7-14-9-4-5-11-10(6-9)15(3)12(17)18-11/h4-6,14,16H,7-8H2,1-3H3. The van der Waals surface area contributed by atoms with Gasteiger partial charge in [0.15, 0.2) is 5.58 Å². The van der Waals surface area contributed by atoms with Crippen molar-refractivity contribution in [3.63, 3.8) is 0 Å². The molecular formula is C13H18N2O3. The largest absolute Gasteiger partial charge is 0.419 e. The van der Waals surface area contributed by atoms with Gasteiger partial charge >= 0.3 is 5.76 Å². The molecule has 1 aromatic heterocycles. The second kappa shape index (κ2) is 4.49. The smallest absolute Gasteiger partial charge is 0.408 e. The average molecular weight is 250 g/mol. The van der Waals surface area contributed by atoms with Crippen molar-refractivity contribution in [2.24, 2.45) is 12.5 Å². The molecule has 1 heterocycles. The lowest BCUT2D eigenvalue weighted by Crippen LogP contribution is -2.26. The second-order valence-electron chi connectivity index (χ2n) is 5.29. The fourth-order valence-corrected chi connectivity index (χ4v) is 1.63. The molecule has 0 aliphatic carbocycles. The first-order valence-electron chi connectivity index (χ1n) is 5.87. The molecule has 0 spiro atoms. The molecule has 0 unspecified atom stereocenters. The maximum absolute atomic E-state index is 11.4. The van der Waals surface area contributed by atoms with E-state index in [4.69, 9.17) is 4.42 Å². The fraction of sp³-hybridized carbons (Fsp3) is 0.462. The van der Waals surface area contributed by atoms with Crippen LogP contribution in [0, 0.1) is 5.41 Å². The summed E-state index contributed by atoms with van der Waals surface area (Å²) in [6.07, 6.45) is 0. The van der Waals surface area contributed by atoms with Gasteiger partial charge in [-0.3, -0.25) is 4.57 Å². The van der Waals surface area contributed by atoms with Crippen LogP contribution in [0.5, 0.6) is 0 Å². The van der Waals surface area contributed by atoms with Crippen molar-refractivity contribution in [1.29, 1.82) is 0 Å². The van der Waals surface area contributed by atoms with E-state index in [9.17, 15) is 9.90 Å². The van der Waals surface area contributed by atoms with E-state index in [1.54, 1.807) is 13.1 Å². The summed E-state index contributed by atoms with van der Waals surface area (Å²) in [6.45, 7) is 4.73. The van der Waals surface area contributed by atoms with Crippen molar-refractivity contribution in [3.8, 4) is 0 Å². The monoisotopic (exact) mass is 250 g/mol. The molecule has 5 heteroatoms. The fourth-order valence-electron chi connectivity index (χ4n) is 1.63. The number of fused-ring (bicyclic) bond motifs is 1. The third-order valence-electron chi connectivity index (χ3n) is 2.99. The van der Waals surface area contributed by atoms with Crippen LogP contribution in [-0.2, 0) is 7.05 Å². The van der Waals surface area contributed by atoms with Crippen LogP contribution in [-0.4, -0.2) is 22.8 Å². The molecule has 0 aliphatic rings. The number of nitrogens with one attached hydrogen (secondary N) is 1. The first kappa shape index (κ1) is 12.7. The van der Waals surface area contributed by atoms with E-state index in [-0.39, 0.29) is 17.8 Å². The maximum atomic E-state index is 11.4. The highest BCUT2D eigenvalue weighted by Crippen LogP contribution is 2.20. The number of hydrogen-bond donors (Lipinski definition) is 2. The van der Waals surface area contributed by atoms with Gasteiger partial charge in [0.05, 0.1) is 5.52 Å². The van der Waals surface area contributed by atoms with Crippen LogP contribution in [0.4, 0.5) is 5.69 Å². The number of oxazole rings is 1. The number of hydrogen-bond acceptors (Lipinski definition) is 4. The molecule has 0 fully saturated rings. The first-order valence-corrected chi connectivity index (χ1v) is 5.87. The Morgan fingerprint density at radius 1 is 1.44 bits per heavy atom. The molecule has 1 aromatic carbocycles. The molecule has 5 nitrogen and oxygen atoms in total. The number of aliphatic hydroxyl groups excluding tert-OH is 1. The molecule has 2 N–H and O–H groups in total. The SMILES string of the molecule is Cn1c(=O)oc2ccc(NCC(C)(C)CO)cc21. The Hall–Kier alpha value is -1.75. The van der Waals surface area contributed by atoms with Crippen LogP contribution in [0.1, 0.15) is 13.8 Å². The quantitative estimate of drug-likeness (QED) is 0.864. The van der Waals surface area contributed by atoms with Gasteiger partial charge in [-0.05, 0) is 18.2 Å².